The highest BCUT2D eigenvalue weighted by Gasteiger charge is 2.39. The fourth-order valence-electron chi connectivity index (χ4n) is 2.25. The molecule has 0 bridgehead atoms. The molecule has 92 valence electrons. The summed E-state index contributed by atoms with van der Waals surface area (Å²) in [6, 6.07) is 0.369. The van der Waals surface area contributed by atoms with E-state index >= 15 is 0 Å². The van der Waals surface area contributed by atoms with Crippen molar-refractivity contribution < 1.29 is 9.84 Å². The second-order valence-electron chi connectivity index (χ2n) is 4.37. The summed E-state index contributed by atoms with van der Waals surface area (Å²) >= 11 is 1.64. The average molecular weight is 244 g/mol. The molecule has 5 heteroatoms. The second-order valence-corrected chi connectivity index (χ2v) is 5.46. The molecule has 0 aromatic rings. The molecule has 4 nitrogen and oxygen atoms in total. The molecule has 0 unspecified atom stereocenters. The van der Waals surface area contributed by atoms with Crippen molar-refractivity contribution in [3.63, 3.8) is 0 Å². The average Bonchev–Trinajstić information content (AvgIpc) is 2.70. The Morgan fingerprint density at radius 3 is 3.12 bits per heavy atom. The smallest absolute Gasteiger partial charge is 0.159 e. The zero-order chi connectivity index (χ0) is 11.5. The van der Waals surface area contributed by atoms with Crippen LogP contribution in [0, 0.1) is 0 Å². The first-order valence-electron chi connectivity index (χ1n) is 5.98. The van der Waals surface area contributed by atoms with Crippen LogP contribution in [0.25, 0.3) is 0 Å². The van der Waals surface area contributed by atoms with E-state index in [0.29, 0.717) is 6.04 Å². The summed E-state index contributed by atoms with van der Waals surface area (Å²) < 4.78 is 5.93. The Hall–Kier alpha value is -0.260. The van der Waals surface area contributed by atoms with Crippen LogP contribution in [-0.4, -0.2) is 41.0 Å². The van der Waals surface area contributed by atoms with E-state index in [9.17, 15) is 5.11 Å². The first-order valence-corrected chi connectivity index (χ1v) is 6.86. The van der Waals surface area contributed by atoms with Gasteiger partial charge in [-0.2, -0.15) is 0 Å². The minimum atomic E-state index is -0.311. The largest absolute Gasteiger partial charge is 0.390 e. The highest BCUT2D eigenvalue weighted by Crippen LogP contribution is 2.34. The standard InChI is InChI=1S/C11H20N2O2S/c1-3-4-8(14)9-6-5-7-10(15-9)16-11(12-2)13-7/h7-10,14H,3-6H2,1-2H3,(H,12,13)/t7-,8+,9-,10-/m1/s1. The minimum Gasteiger partial charge on any atom is -0.390 e. The van der Waals surface area contributed by atoms with Crippen LogP contribution >= 0.6 is 11.8 Å². The van der Waals surface area contributed by atoms with Crippen molar-refractivity contribution >= 4 is 16.9 Å². The van der Waals surface area contributed by atoms with Gasteiger partial charge in [-0.25, -0.2) is 0 Å². The van der Waals surface area contributed by atoms with Gasteiger partial charge in [0.1, 0.15) is 5.44 Å². The summed E-state index contributed by atoms with van der Waals surface area (Å²) in [4.78, 5) is 4.14. The number of nitrogens with one attached hydrogen (secondary N) is 1. The molecule has 2 N–H and O–H groups in total. The normalized spacial score (nSPS) is 38.2. The Morgan fingerprint density at radius 1 is 1.62 bits per heavy atom. The molecule has 0 aliphatic carbocycles. The van der Waals surface area contributed by atoms with Gasteiger partial charge in [-0.15, -0.1) is 0 Å². The Kier molecular flexibility index (Phi) is 4.10. The van der Waals surface area contributed by atoms with Crippen molar-refractivity contribution in [3.05, 3.63) is 0 Å². The molecular formula is C11H20N2O2S. The maximum absolute atomic E-state index is 9.93. The highest BCUT2D eigenvalue weighted by molar-refractivity contribution is 8.14. The van der Waals surface area contributed by atoms with E-state index in [0.717, 1.165) is 30.9 Å². The van der Waals surface area contributed by atoms with Gasteiger partial charge in [0.05, 0.1) is 18.2 Å². The summed E-state index contributed by atoms with van der Waals surface area (Å²) in [7, 11) is 1.79. The number of ether oxygens (including phenoxy) is 1. The van der Waals surface area contributed by atoms with Crippen LogP contribution in [0.3, 0.4) is 0 Å². The topological polar surface area (TPSA) is 53.8 Å². The molecule has 2 fully saturated rings. The molecule has 0 amide bonds. The van der Waals surface area contributed by atoms with Crippen molar-refractivity contribution in [3.8, 4) is 0 Å². The van der Waals surface area contributed by atoms with Gasteiger partial charge in [0, 0.05) is 7.05 Å². The first kappa shape index (κ1) is 12.2. The number of amidine groups is 1. The van der Waals surface area contributed by atoms with E-state index in [2.05, 4.69) is 17.2 Å². The molecule has 0 aromatic heterocycles. The number of hydrogen-bond acceptors (Lipinski definition) is 4. The fourth-order valence-corrected chi connectivity index (χ4v) is 3.36. The monoisotopic (exact) mass is 244 g/mol. The maximum Gasteiger partial charge on any atom is 0.159 e. The number of aliphatic hydroxyl groups excluding tert-OH is 1. The predicted molar refractivity (Wildman–Crippen MR) is 66.7 cm³/mol. The summed E-state index contributed by atoms with van der Waals surface area (Å²) in [6.45, 7) is 2.09. The van der Waals surface area contributed by atoms with Crippen molar-refractivity contribution in [2.24, 2.45) is 4.99 Å². The lowest BCUT2D eigenvalue weighted by molar-refractivity contribution is -0.0836. The van der Waals surface area contributed by atoms with E-state index < -0.39 is 0 Å². The maximum atomic E-state index is 9.93. The van der Waals surface area contributed by atoms with Crippen LogP contribution in [-0.2, 0) is 4.74 Å². The number of nitrogens with zero attached hydrogens (tertiary/aromatic N) is 1. The van der Waals surface area contributed by atoms with E-state index in [1.54, 1.807) is 18.8 Å². The van der Waals surface area contributed by atoms with Gasteiger partial charge in [-0.3, -0.25) is 4.99 Å². The van der Waals surface area contributed by atoms with Gasteiger partial charge >= 0.3 is 0 Å². The quantitative estimate of drug-likeness (QED) is 0.787. The van der Waals surface area contributed by atoms with Gasteiger partial charge < -0.3 is 15.2 Å². The molecular weight excluding hydrogens is 224 g/mol. The van der Waals surface area contributed by atoms with Crippen LogP contribution in [0.1, 0.15) is 32.6 Å². The lowest BCUT2D eigenvalue weighted by Gasteiger charge is -2.33. The molecule has 0 aromatic carbocycles. The van der Waals surface area contributed by atoms with Crippen LogP contribution in [0.4, 0.5) is 0 Å². The second kappa shape index (κ2) is 5.38. The molecule has 0 radical (unpaired) electrons. The number of fused-ring (bicyclic) bond motifs is 1. The van der Waals surface area contributed by atoms with Crippen molar-refractivity contribution in [1.82, 2.24) is 5.32 Å². The molecule has 2 heterocycles. The Bertz CT molecular complexity index is 273. The van der Waals surface area contributed by atoms with Crippen molar-refractivity contribution in [2.45, 2.75) is 56.3 Å². The van der Waals surface area contributed by atoms with Crippen LogP contribution in [0.15, 0.2) is 4.99 Å². The lowest BCUT2D eigenvalue weighted by Crippen LogP contribution is -2.44. The van der Waals surface area contributed by atoms with E-state index in [-0.39, 0.29) is 17.6 Å². The zero-order valence-corrected chi connectivity index (χ0v) is 10.7. The van der Waals surface area contributed by atoms with E-state index in [1.807, 2.05) is 0 Å². The molecule has 2 aliphatic heterocycles. The number of thioether (sulfide) groups is 1. The van der Waals surface area contributed by atoms with Crippen molar-refractivity contribution in [1.29, 1.82) is 0 Å². The third kappa shape index (κ3) is 2.52. The molecule has 4 atom stereocenters. The molecule has 2 aliphatic rings. The summed E-state index contributed by atoms with van der Waals surface area (Å²) in [5.41, 5.74) is 0.129. The first-order chi connectivity index (χ1) is 7.74. The Morgan fingerprint density at radius 2 is 2.44 bits per heavy atom. The molecule has 0 saturated carbocycles. The summed E-state index contributed by atoms with van der Waals surface area (Å²) in [6.07, 6.45) is 3.52. The minimum absolute atomic E-state index is 0.00621. The molecule has 2 saturated heterocycles. The highest BCUT2D eigenvalue weighted by atomic mass is 32.2. The van der Waals surface area contributed by atoms with Crippen LogP contribution in [0.2, 0.25) is 0 Å². The third-order valence-corrected chi connectivity index (χ3v) is 4.35. The Labute approximate surface area is 101 Å². The van der Waals surface area contributed by atoms with Gasteiger partial charge in [0.25, 0.3) is 0 Å². The van der Waals surface area contributed by atoms with Crippen LogP contribution < -0.4 is 5.32 Å². The number of hydrogen-bond donors (Lipinski definition) is 2. The Balaban J connectivity index is 1.90. The van der Waals surface area contributed by atoms with E-state index in [4.69, 9.17) is 4.74 Å². The SMILES string of the molecule is CCC[C@H](O)[C@H]1CC[C@H]2NC(=NC)S[C@H]2O1. The predicted octanol–water partition coefficient (Wildman–Crippen LogP) is 1.34. The van der Waals surface area contributed by atoms with Gasteiger partial charge in [-0.05, 0) is 19.3 Å². The third-order valence-electron chi connectivity index (χ3n) is 3.15. The van der Waals surface area contributed by atoms with Gasteiger partial charge in [0.2, 0.25) is 0 Å². The fraction of sp³-hybridized carbons (Fsp3) is 0.909. The lowest BCUT2D eigenvalue weighted by atomic mass is 9.98. The number of rotatable bonds is 3. The van der Waals surface area contributed by atoms with Crippen molar-refractivity contribution in [2.75, 3.05) is 7.05 Å². The number of aliphatic hydroxyl groups is 1. The van der Waals surface area contributed by atoms with E-state index in [1.165, 1.54) is 0 Å². The van der Waals surface area contributed by atoms with Crippen LogP contribution in [0.5, 0.6) is 0 Å². The molecule has 2 rings (SSSR count). The van der Waals surface area contributed by atoms with Gasteiger partial charge in [-0.1, -0.05) is 25.1 Å². The molecule has 16 heavy (non-hydrogen) atoms. The number of aliphatic imine (C=N–C) groups is 1. The summed E-state index contributed by atoms with van der Waals surface area (Å²) in [5.74, 6) is 0. The summed E-state index contributed by atoms with van der Waals surface area (Å²) in [5, 5.41) is 14.2. The molecule has 0 spiro atoms. The van der Waals surface area contributed by atoms with Gasteiger partial charge in [0.15, 0.2) is 5.17 Å². The zero-order valence-electron chi connectivity index (χ0n) is 9.85.